The summed E-state index contributed by atoms with van der Waals surface area (Å²) in [6.45, 7) is -0.328. The molecule has 0 atom stereocenters. The van der Waals surface area contributed by atoms with E-state index in [0.717, 1.165) is 0 Å². The summed E-state index contributed by atoms with van der Waals surface area (Å²) in [5.74, 6) is -0.721. The van der Waals surface area contributed by atoms with E-state index in [9.17, 15) is 9.50 Å². The highest BCUT2D eigenvalue weighted by Gasteiger charge is 2.17. The minimum atomic E-state index is -0.721. The number of aliphatic hydroxyl groups is 1. The molecule has 1 aromatic carbocycles. The Balaban J connectivity index is 2.73. The Morgan fingerprint density at radius 1 is 1.11 bits per heavy atom. The molecule has 2 aromatic rings. The van der Waals surface area contributed by atoms with Crippen LogP contribution in [0.4, 0.5) is 4.39 Å². The van der Waals surface area contributed by atoms with Crippen molar-refractivity contribution < 1.29 is 9.50 Å². The SMILES string of the molecule is OCc1ccnc(F)c1-c1ccc(Cl)c(Cl)c1Cl. The van der Waals surface area contributed by atoms with E-state index < -0.39 is 5.95 Å². The minimum absolute atomic E-state index is 0.128. The molecule has 0 aliphatic carbocycles. The second-order valence-corrected chi connectivity index (χ2v) is 4.68. The van der Waals surface area contributed by atoms with Gasteiger partial charge in [-0.05, 0) is 17.7 Å². The third kappa shape index (κ3) is 2.31. The molecule has 1 aromatic heterocycles. The zero-order chi connectivity index (χ0) is 13.3. The molecule has 0 radical (unpaired) electrons. The van der Waals surface area contributed by atoms with E-state index in [-0.39, 0.29) is 27.2 Å². The Bertz CT molecular complexity index is 604. The van der Waals surface area contributed by atoms with Crippen LogP contribution in [0.1, 0.15) is 5.56 Å². The van der Waals surface area contributed by atoms with Crippen molar-refractivity contribution in [1.82, 2.24) is 4.98 Å². The van der Waals surface area contributed by atoms with Gasteiger partial charge in [0.1, 0.15) is 0 Å². The summed E-state index contributed by atoms with van der Waals surface area (Å²) in [5.41, 5.74) is 0.854. The van der Waals surface area contributed by atoms with Crippen molar-refractivity contribution in [3.8, 4) is 11.1 Å². The number of halogens is 4. The van der Waals surface area contributed by atoms with Crippen molar-refractivity contribution in [3.63, 3.8) is 0 Å². The van der Waals surface area contributed by atoms with E-state index in [1.54, 1.807) is 0 Å². The van der Waals surface area contributed by atoms with Gasteiger partial charge < -0.3 is 5.11 Å². The quantitative estimate of drug-likeness (QED) is 0.661. The van der Waals surface area contributed by atoms with Crippen molar-refractivity contribution in [2.24, 2.45) is 0 Å². The lowest BCUT2D eigenvalue weighted by atomic mass is 10.0. The maximum absolute atomic E-state index is 13.8. The monoisotopic (exact) mass is 305 g/mol. The van der Waals surface area contributed by atoms with Crippen LogP contribution in [0, 0.1) is 5.95 Å². The summed E-state index contributed by atoms with van der Waals surface area (Å²) in [6.07, 6.45) is 1.27. The maximum atomic E-state index is 13.8. The molecule has 0 saturated carbocycles. The number of hydrogen-bond donors (Lipinski definition) is 1. The molecule has 1 heterocycles. The number of aliphatic hydroxyl groups excluding tert-OH is 1. The molecule has 18 heavy (non-hydrogen) atoms. The molecule has 0 amide bonds. The predicted octanol–water partition coefficient (Wildman–Crippen LogP) is 4.34. The van der Waals surface area contributed by atoms with Crippen LogP contribution in [0.15, 0.2) is 24.4 Å². The first-order valence-corrected chi connectivity index (χ1v) is 6.07. The summed E-state index contributed by atoms with van der Waals surface area (Å²) in [5, 5.41) is 9.77. The van der Waals surface area contributed by atoms with Gasteiger partial charge in [0.15, 0.2) is 0 Å². The molecule has 0 aliphatic heterocycles. The van der Waals surface area contributed by atoms with Crippen molar-refractivity contribution in [1.29, 1.82) is 0 Å². The summed E-state index contributed by atoms with van der Waals surface area (Å²) >= 11 is 17.8. The molecule has 1 N–H and O–H groups in total. The number of pyridine rings is 1. The highest BCUT2D eigenvalue weighted by molar-refractivity contribution is 6.49. The predicted molar refractivity (Wildman–Crippen MR) is 70.6 cm³/mol. The van der Waals surface area contributed by atoms with Gasteiger partial charge >= 0.3 is 0 Å². The van der Waals surface area contributed by atoms with Crippen LogP contribution in [0.5, 0.6) is 0 Å². The Morgan fingerprint density at radius 2 is 1.83 bits per heavy atom. The van der Waals surface area contributed by atoms with E-state index in [1.165, 1.54) is 24.4 Å². The van der Waals surface area contributed by atoms with Crippen molar-refractivity contribution in [2.75, 3.05) is 0 Å². The normalized spacial score (nSPS) is 10.7. The fourth-order valence-corrected chi connectivity index (χ4v) is 2.24. The van der Waals surface area contributed by atoms with E-state index in [2.05, 4.69) is 4.98 Å². The largest absolute Gasteiger partial charge is 0.392 e. The molecule has 0 unspecified atom stereocenters. The molecule has 6 heteroatoms. The minimum Gasteiger partial charge on any atom is -0.392 e. The summed E-state index contributed by atoms with van der Waals surface area (Å²) < 4.78 is 13.8. The topological polar surface area (TPSA) is 33.1 Å². The number of aromatic nitrogens is 1. The Labute approximate surface area is 118 Å². The third-order valence-corrected chi connectivity index (χ3v) is 3.76. The maximum Gasteiger partial charge on any atom is 0.221 e. The van der Waals surface area contributed by atoms with Gasteiger partial charge in [-0.1, -0.05) is 40.9 Å². The highest BCUT2D eigenvalue weighted by atomic mass is 35.5. The van der Waals surface area contributed by atoms with Crippen LogP contribution >= 0.6 is 34.8 Å². The molecule has 0 aliphatic rings. The molecule has 2 rings (SSSR count). The van der Waals surface area contributed by atoms with Crippen LogP contribution in [0.25, 0.3) is 11.1 Å². The molecular weight excluding hydrogens is 299 g/mol. The van der Waals surface area contributed by atoms with Gasteiger partial charge in [0.25, 0.3) is 0 Å². The fourth-order valence-electron chi connectivity index (χ4n) is 1.61. The first-order chi connectivity index (χ1) is 8.56. The van der Waals surface area contributed by atoms with Crippen molar-refractivity contribution in [2.45, 2.75) is 6.61 Å². The summed E-state index contributed by atoms with van der Waals surface area (Å²) in [4.78, 5) is 3.54. The molecule has 0 saturated heterocycles. The first kappa shape index (κ1) is 13.6. The lowest BCUT2D eigenvalue weighted by Gasteiger charge is -2.11. The second-order valence-electron chi connectivity index (χ2n) is 3.52. The van der Waals surface area contributed by atoms with E-state index in [4.69, 9.17) is 34.8 Å². The lowest BCUT2D eigenvalue weighted by Crippen LogP contribution is -1.97. The molecular formula is C12H7Cl3FNO. The molecule has 0 spiro atoms. The van der Waals surface area contributed by atoms with Gasteiger partial charge in [-0.3, -0.25) is 0 Å². The van der Waals surface area contributed by atoms with Gasteiger partial charge in [0.2, 0.25) is 5.95 Å². The zero-order valence-corrected chi connectivity index (χ0v) is 11.2. The fraction of sp³-hybridized carbons (Fsp3) is 0.0833. The van der Waals surface area contributed by atoms with Gasteiger partial charge in [-0.15, -0.1) is 0 Å². The second kappa shape index (κ2) is 5.41. The number of hydrogen-bond acceptors (Lipinski definition) is 2. The molecule has 94 valence electrons. The van der Waals surface area contributed by atoms with Gasteiger partial charge in [-0.2, -0.15) is 4.39 Å². The van der Waals surface area contributed by atoms with E-state index in [1.807, 2.05) is 0 Å². The van der Waals surface area contributed by atoms with Crippen molar-refractivity contribution in [3.05, 3.63) is 51.0 Å². The number of nitrogens with zero attached hydrogens (tertiary/aromatic N) is 1. The van der Waals surface area contributed by atoms with Crippen LogP contribution in [0.2, 0.25) is 15.1 Å². The Kier molecular flexibility index (Phi) is 4.07. The van der Waals surface area contributed by atoms with Gasteiger partial charge in [-0.25, -0.2) is 4.98 Å². The van der Waals surface area contributed by atoms with Crippen LogP contribution in [-0.2, 0) is 6.61 Å². The van der Waals surface area contributed by atoms with Gasteiger partial charge in [0, 0.05) is 17.3 Å². The smallest absolute Gasteiger partial charge is 0.221 e. The average Bonchev–Trinajstić information content (AvgIpc) is 2.37. The number of rotatable bonds is 2. The highest BCUT2D eigenvalue weighted by Crippen LogP contribution is 2.39. The summed E-state index contributed by atoms with van der Waals surface area (Å²) in [6, 6.07) is 4.56. The number of benzene rings is 1. The third-order valence-electron chi connectivity index (χ3n) is 2.47. The van der Waals surface area contributed by atoms with Crippen LogP contribution in [-0.4, -0.2) is 10.1 Å². The van der Waals surface area contributed by atoms with Crippen LogP contribution in [0.3, 0.4) is 0 Å². The van der Waals surface area contributed by atoms with Crippen molar-refractivity contribution >= 4 is 34.8 Å². The molecule has 2 nitrogen and oxygen atoms in total. The lowest BCUT2D eigenvalue weighted by molar-refractivity contribution is 0.281. The molecule has 0 bridgehead atoms. The standard InChI is InChI=1S/C12H7Cl3FNO/c13-8-2-1-7(10(14)11(8)15)9-6(5-18)3-4-17-12(9)16/h1-4,18H,5H2. The van der Waals surface area contributed by atoms with E-state index >= 15 is 0 Å². The van der Waals surface area contributed by atoms with Crippen LogP contribution < -0.4 is 0 Å². The zero-order valence-electron chi connectivity index (χ0n) is 8.92. The Hall–Kier alpha value is -0.870. The molecule has 0 fully saturated rings. The Morgan fingerprint density at radius 3 is 2.50 bits per heavy atom. The summed E-state index contributed by atoms with van der Waals surface area (Å²) in [7, 11) is 0. The van der Waals surface area contributed by atoms with E-state index in [0.29, 0.717) is 11.1 Å². The van der Waals surface area contributed by atoms with Gasteiger partial charge in [0.05, 0.1) is 21.7 Å². The average molecular weight is 307 g/mol. The first-order valence-electron chi connectivity index (χ1n) is 4.94.